The van der Waals surface area contributed by atoms with Gasteiger partial charge in [0, 0.05) is 32.6 Å². The van der Waals surface area contributed by atoms with Crippen LogP contribution in [0, 0.1) is 0 Å². The van der Waals surface area contributed by atoms with Gasteiger partial charge in [0.25, 0.3) is 5.91 Å². The second-order valence-electron chi connectivity index (χ2n) is 8.58. The average Bonchev–Trinajstić information content (AvgIpc) is 3.43. The Morgan fingerprint density at radius 1 is 1.03 bits per heavy atom. The fourth-order valence-electron chi connectivity index (χ4n) is 4.38. The number of anilines is 1. The van der Waals surface area contributed by atoms with Crippen LogP contribution in [-0.2, 0) is 26.0 Å². The molecule has 10 heteroatoms. The van der Waals surface area contributed by atoms with Crippen molar-refractivity contribution >= 4 is 27.5 Å². The molecule has 4 rings (SSSR count). The minimum atomic E-state index is -3.66. The van der Waals surface area contributed by atoms with Gasteiger partial charge in [0.15, 0.2) is 0 Å². The van der Waals surface area contributed by atoms with E-state index in [0.29, 0.717) is 48.9 Å². The molecule has 188 valence electrons. The van der Waals surface area contributed by atoms with Gasteiger partial charge in [-0.1, -0.05) is 12.1 Å². The van der Waals surface area contributed by atoms with Gasteiger partial charge in [0.1, 0.15) is 5.75 Å². The van der Waals surface area contributed by atoms with Gasteiger partial charge in [0.05, 0.1) is 36.5 Å². The van der Waals surface area contributed by atoms with E-state index in [1.165, 1.54) is 17.5 Å². The summed E-state index contributed by atoms with van der Waals surface area (Å²) in [6.45, 7) is 2.80. The Morgan fingerprint density at radius 2 is 1.74 bits per heavy atom. The maximum atomic E-state index is 13.0. The molecular formula is C25H31N3O6S. The maximum Gasteiger partial charge on any atom is 0.255 e. The van der Waals surface area contributed by atoms with Gasteiger partial charge < -0.3 is 19.7 Å². The Hall–Kier alpha value is -2.95. The fraction of sp³-hybridized carbons (Fsp3) is 0.440. The van der Waals surface area contributed by atoms with E-state index in [0.717, 1.165) is 25.9 Å². The van der Waals surface area contributed by atoms with E-state index in [4.69, 9.17) is 9.47 Å². The highest BCUT2D eigenvalue weighted by Gasteiger charge is 2.27. The summed E-state index contributed by atoms with van der Waals surface area (Å²) < 4.78 is 38.2. The van der Waals surface area contributed by atoms with Crippen molar-refractivity contribution < 1.29 is 27.5 Å². The molecule has 2 aromatic carbocycles. The van der Waals surface area contributed by atoms with E-state index in [9.17, 15) is 18.0 Å². The Kier molecular flexibility index (Phi) is 8.04. The van der Waals surface area contributed by atoms with Gasteiger partial charge in [-0.2, -0.15) is 4.31 Å². The number of aryl methyl sites for hydroxylation is 1. The lowest BCUT2D eigenvalue weighted by Gasteiger charge is -2.26. The molecule has 1 N–H and O–H groups in total. The number of likely N-dealkylation sites (tertiary alicyclic amines) is 1. The molecule has 0 saturated carbocycles. The number of benzene rings is 2. The van der Waals surface area contributed by atoms with E-state index in [1.54, 1.807) is 41.3 Å². The van der Waals surface area contributed by atoms with Crippen LogP contribution in [0.4, 0.5) is 5.69 Å². The number of nitrogens with one attached hydrogen (secondary N) is 1. The highest BCUT2D eigenvalue weighted by Crippen LogP contribution is 2.27. The number of nitrogens with zero attached hydrogens (tertiary/aromatic N) is 2. The van der Waals surface area contributed by atoms with Crippen LogP contribution in [0.1, 0.15) is 35.2 Å². The minimum absolute atomic E-state index is 0.0823. The summed E-state index contributed by atoms with van der Waals surface area (Å²) in [4.78, 5) is 27.6. The Morgan fingerprint density at radius 3 is 2.46 bits per heavy atom. The molecule has 2 heterocycles. The first-order valence-corrected chi connectivity index (χ1v) is 13.3. The number of ether oxygens (including phenoxy) is 2. The summed E-state index contributed by atoms with van der Waals surface area (Å²) >= 11 is 0. The summed E-state index contributed by atoms with van der Waals surface area (Å²) in [6, 6.07) is 11.7. The van der Waals surface area contributed by atoms with Crippen LogP contribution in [-0.4, -0.2) is 75.9 Å². The molecule has 0 aliphatic carbocycles. The minimum Gasteiger partial charge on any atom is -0.496 e. The summed E-state index contributed by atoms with van der Waals surface area (Å²) in [5.74, 6) is 0.166. The number of methoxy groups -OCH3 is 1. The molecule has 9 nitrogen and oxygen atoms in total. The van der Waals surface area contributed by atoms with Gasteiger partial charge in [0.2, 0.25) is 15.9 Å². The van der Waals surface area contributed by atoms with Crippen LogP contribution >= 0.6 is 0 Å². The molecule has 0 spiro atoms. The van der Waals surface area contributed by atoms with Gasteiger partial charge >= 0.3 is 0 Å². The molecule has 2 saturated heterocycles. The van der Waals surface area contributed by atoms with Crippen molar-refractivity contribution in [3.05, 3.63) is 53.6 Å². The normalized spacial score (nSPS) is 16.8. The average molecular weight is 502 g/mol. The number of para-hydroxylation sites is 1. The number of sulfonamides is 1. The number of hydrogen-bond donors (Lipinski definition) is 1. The van der Waals surface area contributed by atoms with Crippen LogP contribution in [0.25, 0.3) is 0 Å². The van der Waals surface area contributed by atoms with Crippen LogP contribution in [0.3, 0.4) is 0 Å². The van der Waals surface area contributed by atoms with Crippen molar-refractivity contribution in [3.63, 3.8) is 0 Å². The molecule has 0 unspecified atom stereocenters. The van der Waals surface area contributed by atoms with Gasteiger partial charge in [-0.05, 0) is 55.2 Å². The van der Waals surface area contributed by atoms with Gasteiger partial charge in [-0.3, -0.25) is 9.59 Å². The van der Waals surface area contributed by atoms with E-state index >= 15 is 0 Å². The van der Waals surface area contributed by atoms with E-state index in [1.807, 2.05) is 0 Å². The van der Waals surface area contributed by atoms with Crippen molar-refractivity contribution in [1.82, 2.24) is 9.21 Å². The van der Waals surface area contributed by atoms with Crippen molar-refractivity contribution in [2.45, 2.75) is 30.6 Å². The lowest BCUT2D eigenvalue weighted by Crippen LogP contribution is -2.40. The molecule has 35 heavy (non-hydrogen) atoms. The van der Waals surface area contributed by atoms with Crippen molar-refractivity contribution in [2.75, 3.05) is 51.8 Å². The first kappa shape index (κ1) is 25.2. The standard InChI is InChI=1S/C25H31N3O6S/c1-33-23-10-9-20(35(31,32)28-14-16-34-17-15-28)18-19(23)8-11-24(29)26-22-7-3-2-6-21(22)25(30)27-12-4-5-13-27/h2-3,6-7,9-10,18H,4-5,8,11-17H2,1H3,(H,26,29). The molecule has 0 aromatic heterocycles. The number of carbonyl (C=O) groups excluding carboxylic acids is 2. The maximum absolute atomic E-state index is 13.0. The first-order chi connectivity index (χ1) is 16.9. The fourth-order valence-corrected chi connectivity index (χ4v) is 5.84. The molecule has 2 amide bonds. The van der Waals surface area contributed by atoms with E-state index in [2.05, 4.69) is 5.32 Å². The SMILES string of the molecule is COc1ccc(S(=O)(=O)N2CCOCC2)cc1CCC(=O)Nc1ccccc1C(=O)N1CCCC1. The Bertz CT molecular complexity index is 1170. The number of morpholine rings is 1. The largest absolute Gasteiger partial charge is 0.496 e. The zero-order valence-corrected chi connectivity index (χ0v) is 20.7. The van der Waals surface area contributed by atoms with Crippen molar-refractivity contribution in [3.8, 4) is 5.75 Å². The number of amides is 2. The molecule has 0 radical (unpaired) electrons. The second kappa shape index (κ2) is 11.2. The van der Waals surface area contributed by atoms with Gasteiger partial charge in [-0.15, -0.1) is 0 Å². The summed E-state index contributed by atoms with van der Waals surface area (Å²) in [6.07, 6.45) is 2.36. The summed E-state index contributed by atoms with van der Waals surface area (Å²) in [5.41, 5.74) is 1.57. The van der Waals surface area contributed by atoms with E-state index < -0.39 is 10.0 Å². The Labute approximate surface area is 206 Å². The van der Waals surface area contributed by atoms with Crippen LogP contribution in [0.5, 0.6) is 5.75 Å². The predicted octanol–water partition coefficient (Wildman–Crippen LogP) is 2.52. The van der Waals surface area contributed by atoms with Crippen LogP contribution in [0.15, 0.2) is 47.4 Å². The quantitative estimate of drug-likeness (QED) is 0.596. The van der Waals surface area contributed by atoms with Crippen LogP contribution in [0.2, 0.25) is 0 Å². The van der Waals surface area contributed by atoms with Gasteiger partial charge in [-0.25, -0.2) is 8.42 Å². The van der Waals surface area contributed by atoms with E-state index in [-0.39, 0.29) is 29.6 Å². The predicted molar refractivity (Wildman–Crippen MR) is 131 cm³/mol. The highest BCUT2D eigenvalue weighted by atomic mass is 32.2. The second-order valence-corrected chi connectivity index (χ2v) is 10.5. The lowest BCUT2D eigenvalue weighted by molar-refractivity contribution is -0.116. The third-order valence-electron chi connectivity index (χ3n) is 6.31. The summed E-state index contributed by atoms with van der Waals surface area (Å²) in [5, 5.41) is 2.85. The zero-order chi connectivity index (χ0) is 24.8. The summed E-state index contributed by atoms with van der Waals surface area (Å²) in [7, 11) is -2.16. The smallest absolute Gasteiger partial charge is 0.255 e. The third kappa shape index (κ3) is 5.83. The molecule has 0 atom stereocenters. The molecule has 2 aliphatic rings. The molecule has 0 bridgehead atoms. The monoisotopic (exact) mass is 501 g/mol. The number of hydrogen-bond acceptors (Lipinski definition) is 6. The highest BCUT2D eigenvalue weighted by molar-refractivity contribution is 7.89. The topological polar surface area (TPSA) is 105 Å². The molecule has 2 aliphatic heterocycles. The van der Waals surface area contributed by atoms with Crippen molar-refractivity contribution in [2.24, 2.45) is 0 Å². The third-order valence-corrected chi connectivity index (χ3v) is 8.20. The number of rotatable bonds is 8. The Balaban J connectivity index is 1.45. The molecular weight excluding hydrogens is 470 g/mol. The zero-order valence-electron chi connectivity index (χ0n) is 19.9. The molecule has 2 fully saturated rings. The number of carbonyl (C=O) groups is 2. The molecule has 2 aromatic rings. The van der Waals surface area contributed by atoms with Crippen molar-refractivity contribution in [1.29, 1.82) is 0 Å². The lowest BCUT2D eigenvalue weighted by atomic mass is 10.1. The van der Waals surface area contributed by atoms with Crippen LogP contribution < -0.4 is 10.1 Å². The first-order valence-electron chi connectivity index (χ1n) is 11.8.